The molecule has 0 amide bonds. The summed E-state index contributed by atoms with van der Waals surface area (Å²) in [6.45, 7) is 10.5. The molecular formula is C22H39IN4O2. The number of benzene rings is 1. The van der Waals surface area contributed by atoms with Crippen molar-refractivity contribution in [1.82, 2.24) is 15.5 Å². The predicted molar refractivity (Wildman–Crippen MR) is 131 cm³/mol. The van der Waals surface area contributed by atoms with Crippen LogP contribution in [0.25, 0.3) is 0 Å². The zero-order valence-electron chi connectivity index (χ0n) is 18.4. The van der Waals surface area contributed by atoms with E-state index in [0.717, 1.165) is 42.7 Å². The van der Waals surface area contributed by atoms with Crippen molar-refractivity contribution in [3.8, 4) is 5.75 Å². The first-order chi connectivity index (χ1) is 13.5. The molecule has 1 fully saturated rings. The third kappa shape index (κ3) is 10.00. The number of rotatable bonds is 9. The molecule has 1 saturated heterocycles. The number of guanidine groups is 1. The Morgan fingerprint density at radius 2 is 1.86 bits per heavy atom. The van der Waals surface area contributed by atoms with Crippen molar-refractivity contribution in [3.63, 3.8) is 0 Å². The van der Waals surface area contributed by atoms with Crippen molar-refractivity contribution in [2.75, 3.05) is 39.8 Å². The fourth-order valence-electron chi connectivity index (χ4n) is 3.41. The Hall–Kier alpha value is -1.06. The van der Waals surface area contributed by atoms with Crippen LogP contribution in [-0.2, 0) is 0 Å². The number of ether oxygens (including phenoxy) is 1. The molecule has 0 aliphatic carbocycles. The zero-order chi connectivity index (χ0) is 20.4. The molecule has 1 aliphatic heterocycles. The second-order valence-corrected chi connectivity index (χ2v) is 7.93. The van der Waals surface area contributed by atoms with E-state index in [-0.39, 0.29) is 30.1 Å². The minimum Gasteiger partial charge on any atom is -0.491 e. The molecule has 7 heteroatoms. The molecule has 2 rings (SSSR count). The van der Waals surface area contributed by atoms with Crippen molar-refractivity contribution < 1.29 is 9.84 Å². The van der Waals surface area contributed by atoms with Gasteiger partial charge in [-0.2, -0.15) is 0 Å². The standard InChI is InChI=1S/C22H38N4O2.HI/c1-5-23-22(24-13-10-18-11-14-26(4)15-12-18)25-16-21(27)19-6-8-20(9-7-19)28-17(2)3;/h6-9,17-18,21,27H,5,10-16H2,1-4H3,(H2,23,24,25);1H. The Kier molecular flexibility index (Phi) is 12.6. The molecule has 1 aromatic carbocycles. The van der Waals surface area contributed by atoms with Gasteiger partial charge in [0.05, 0.1) is 18.8 Å². The average Bonchev–Trinajstić information content (AvgIpc) is 2.67. The number of likely N-dealkylation sites (tertiary alicyclic amines) is 1. The number of hydrogen-bond donors (Lipinski definition) is 3. The average molecular weight is 518 g/mol. The van der Waals surface area contributed by atoms with E-state index in [4.69, 9.17) is 4.74 Å². The third-order valence-electron chi connectivity index (χ3n) is 5.09. The van der Waals surface area contributed by atoms with Gasteiger partial charge >= 0.3 is 0 Å². The van der Waals surface area contributed by atoms with Gasteiger partial charge in [-0.1, -0.05) is 12.1 Å². The van der Waals surface area contributed by atoms with E-state index in [2.05, 4.69) is 34.5 Å². The summed E-state index contributed by atoms with van der Waals surface area (Å²) < 4.78 is 5.65. The Balaban J connectivity index is 0.00000420. The van der Waals surface area contributed by atoms with E-state index in [9.17, 15) is 5.11 Å². The highest BCUT2D eigenvalue weighted by Gasteiger charge is 2.16. The van der Waals surface area contributed by atoms with Crippen LogP contribution in [0.1, 0.15) is 51.7 Å². The van der Waals surface area contributed by atoms with E-state index in [1.807, 2.05) is 38.1 Å². The molecular weight excluding hydrogens is 479 g/mol. The van der Waals surface area contributed by atoms with E-state index in [1.54, 1.807) is 0 Å². The maximum Gasteiger partial charge on any atom is 0.191 e. The number of hydrogen-bond acceptors (Lipinski definition) is 4. The SMILES string of the molecule is CCNC(=NCC(O)c1ccc(OC(C)C)cc1)NCCC1CCN(C)CC1.I. The Morgan fingerprint density at radius 1 is 1.21 bits per heavy atom. The van der Waals surface area contributed by atoms with Gasteiger partial charge in [-0.05, 0) is 83.8 Å². The van der Waals surface area contributed by atoms with Crippen LogP contribution in [0.4, 0.5) is 0 Å². The molecule has 1 aromatic rings. The second kappa shape index (κ2) is 14.0. The van der Waals surface area contributed by atoms with Crippen LogP contribution >= 0.6 is 24.0 Å². The van der Waals surface area contributed by atoms with Crippen molar-refractivity contribution in [3.05, 3.63) is 29.8 Å². The van der Waals surface area contributed by atoms with Gasteiger partial charge in [0, 0.05) is 13.1 Å². The van der Waals surface area contributed by atoms with Crippen molar-refractivity contribution in [1.29, 1.82) is 0 Å². The smallest absolute Gasteiger partial charge is 0.191 e. The van der Waals surface area contributed by atoms with Gasteiger partial charge in [-0.15, -0.1) is 24.0 Å². The van der Waals surface area contributed by atoms with Crippen LogP contribution in [0.15, 0.2) is 29.3 Å². The lowest BCUT2D eigenvalue weighted by Gasteiger charge is -2.29. The molecule has 0 aromatic heterocycles. The Labute approximate surface area is 193 Å². The van der Waals surface area contributed by atoms with Gasteiger partial charge in [0.25, 0.3) is 0 Å². The van der Waals surface area contributed by atoms with Gasteiger partial charge in [0.2, 0.25) is 0 Å². The van der Waals surface area contributed by atoms with Gasteiger partial charge in [-0.3, -0.25) is 4.99 Å². The molecule has 3 N–H and O–H groups in total. The first kappa shape index (κ1) is 26.0. The molecule has 0 radical (unpaired) electrons. The van der Waals surface area contributed by atoms with Crippen LogP contribution in [-0.4, -0.2) is 61.8 Å². The summed E-state index contributed by atoms with van der Waals surface area (Å²) in [5.41, 5.74) is 0.849. The summed E-state index contributed by atoms with van der Waals surface area (Å²) in [7, 11) is 2.20. The summed E-state index contributed by atoms with van der Waals surface area (Å²) >= 11 is 0. The summed E-state index contributed by atoms with van der Waals surface area (Å²) in [5, 5.41) is 17.1. The topological polar surface area (TPSA) is 69.1 Å². The number of halogens is 1. The minimum atomic E-state index is -0.627. The number of aliphatic hydroxyl groups excluding tert-OH is 1. The minimum absolute atomic E-state index is 0. The summed E-state index contributed by atoms with van der Waals surface area (Å²) in [5.74, 6) is 2.39. The summed E-state index contributed by atoms with van der Waals surface area (Å²) in [4.78, 5) is 6.96. The van der Waals surface area contributed by atoms with Crippen LogP contribution in [0.5, 0.6) is 5.75 Å². The maximum atomic E-state index is 10.5. The maximum absolute atomic E-state index is 10.5. The highest BCUT2D eigenvalue weighted by Crippen LogP contribution is 2.20. The Morgan fingerprint density at radius 3 is 2.45 bits per heavy atom. The first-order valence-electron chi connectivity index (χ1n) is 10.6. The molecule has 166 valence electrons. The number of aliphatic hydroxyl groups is 1. The lowest BCUT2D eigenvalue weighted by atomic mass is 9.94. The van der Waals surface area contributed by atoms with Crippen LogP contribution in [0.3, 0.4) is 0 Å². The Bertz CT molecular complexity index is 587. The summed E-state index contributed by atoms with van der Waals surface area (Å²) in [6, 6.07) is 7.59. The lowest BCUT2D eigenvalue weighted by Crippen LogP contribution is -2.39. The lowest BCUT2D eigenvalue weighted by molar-refractivity contribution is 0.186. The number of nitrogens with zero attached hydrogens (tertiary/aromatic N) is 2. The highest BCUT2D eigenvalue weighted by atomic mass is 127. The van der Waals surface area contributed by atoms with Gasteiger partial charge in [0.1, 0.15) is 5.75 Å². The van der Waals surface area contributed by atoms with E-state index in [1.165, 1.54) is 25.9 Å². The number of nitrogens with one attached hydrogen (secondary N) is 2. The van der Waals surface area contributed by atoms with E-state index >= 15 is 0 Å². The van der Waals surface area contributed by atoms with Crippen molar-refractivity contribution in [2.45, 2.75) is 52.2 Å². The quantitative estimate of drug-likeness (QED) is 0.266. The predicted octanol–water partition coefficient (Wildman–Crippen LogP) is 3.41. The van der Waals surface area contributed by atoms with Crippen LogP contribution < -0.4 is 15.4 Å². The number of aliphatic imine (C=N–C) groups is 1. The van der Waals surface area contributed by atoms with Gasteiger partial charge in [-0.25, -0.2) is 0 Å². The van der Waals surface area contributed by atoms with E-state index in [0.29, 0.717) is 6.54 Å². The monoisotopic (exact) mass is 518 g/mol. The highest BCUT2D eigenvalue weighted by molar-refractivity contribution is 14.0. The summed E-state index contributed by atoms with van der Waals surface area (Å²) in [6.07, 6.45) is 3.24. The van der Waals surface area contributed by atoms with E-state index < -0.39 is 6.10 Å². The molecule has 1 aliphatic rings. The van der Waals surface area contributed by atoms with Crippen LogP contribution in [0.2, 0.25) is 0 Å². The fourth-order valence-corrected chi connectivity index (χ4v) is 3.41. The molecule has 1 atom stereocenters. The molecule has 29 heavy (non-hydrogen) atoms. The molecule has 0 spiro atoms. The first-order valence-corrected chi connectivity index (χ1v) is 10.6. The number of piperidine rings is 1. The molecule has 0 bridgehead atoms. The second-order valence-electron chi connectivity index (χ2n) is 7.93. The van der Waals surface area contributed by atoms with Gasteiger partial charge < -0.3 is 25.4 Å². The largest absolute Gasteiger partial charge is 0.491 e. The molecule has 1 heterocycles. The third-order valence-corrected chi connectivity index (χ3v) is 5.09. The fraction of sp³-hybridized carbons (Fsp3) is 0.682. The molecule has 1 unspecified atom stereocenters. The van der Waals surface area contributed by atoms with Crippen molar-refractivity contribution >= 4 is 29.9 Å². The molecule has 6 nitrogen and oxygen atoms in total. The van der Waals surface area contributed by atoms with Gasteiger partial charge in [0.15, 0.2) is 5.96 Å². The normalized spacial score (nSPS) is 17.0. The zero-order valence-corrected chi connectivity index (χ0v) is 20.7. The molecule has 0 saturated carbocycles. The van der Waals surface area contributed by atoms with Crippen LogP contribution in [0, 0.1) is 5.92 Å². The van der Waals surface area contributed by atoms with Crippen molar-refractivity contribution in [2.24, 2.45) is 10.9 Å².